The van der Waals surface area contributed by atoms with E-state index >= 15 is 4.79 Å². The first-order valence-corrected chi connectivity index (χ1v) is 38.9. The quantitative estimate of drug-likeness (QED) is 0.0235. The number of phenols is 1. The van der Waals surface area contributed by atoms with E-state index in [9.17, 15) is 67.7 Å². The zero-order valence-corrected chi connectivity index (χ0v) is 62.6. The van der Waals surface area contributed by atoms with Gasteiger partial charge in [0.1, 0.15) is 65.3 Å². The molecule has 10 fully saturated rings. The second-order valence-corrected chi connectivity index (χ2v) is 32.4. The average Bonchev–Trinajstić information content (AvgIpc) is 1.43. The number of hydrogen-bond donors (Lipinski definition) is 15. The Morgan fingerprint density at radius 3 is 1.84 bits per heavy atom. The van der Waals surface area contributed by atoms with Crippen LogP contribution < -0.4 is 59.3 Å². The first-order valence-electron chi connectivity index (χ1n) is 38.9. The van der Waals surface area contributed by atoms with Crippen LogP contribution in [-0.4, -0.2) is 210 Å². The molecule has 14 rings (SSSR count). The van der Waals surface area contributed by atoms with Crippen molar-refractivity contribution in [1.29, 1.82) is 0 Å². The Morgan fingerprint density at radius 1 is 0.658 bits per heavy atom. The van der Waals surface area contributed by atoms with E-state index in [1.165, 1.54) is 41.7 Å². The number of aromatic nitrogens is 3. The lowest BCUT2D eigenvalue weighted by atomic mass is 9.54. The summed E-state index contributed by atoms with van der Waals surface area (Å²) in [6, 6.07) is 1.73. The number of para-hydroxylation sites is 1. The van der Waals surface area contributed by atoms with Crippen molar-refractivity contribution in [2.24, 2.45) is 57.9 Å². The van der Waals surface area contributed by atoms with Crippen LogP contribution in [0.3, 0.4) is 0 Å². The Bertz CT molecular complexity index is 4090. The molecular formula is C77H103N17O17. The Kier molecular flexibility index (Phi) is 25.3. The van der Waals surface area contributed by atoms with Gasteiger partial charge in [-0.15, -0.1) is 4.99 Å². The highest BCUT2D eigenvalue weighted by Gasteiger charge is 2.55. The van der Waals surface area contributed by atoms with Gasteiger partial charge in [-0.05, 0) is 186 Å². The number of aliphatic hydroxyl groups excluding tert-OH is 1. The van der Waals surface area contributed by atoms with Crippen molar-refractivity contribution >= 4 is 94.0 Å². The molecule has 2 aliphatic heterocycles. The van der Waals surface area contributed by atoms with Crippen LogP contribution in [0.4, 0.5) is 9.59 Å². The number of rotatable bonds is 33. The SMILES string of the molecule is CC(C)C[C@H](NC(=O)CNC(=O)[C@H](Cc1ccc(O)cc1)NC(=O)[C@H](CO)NC(=O)[C@H](Cc1c[nH]c2ccccc12)NC(=O)[C@H](Cc1cnc[nH]1)NC(=O)[C@@H]1CCC(=O)N1)C(=O)N[C@@H](CCCN(C(=O)OC12CC3CC(CC(C3)C1)C2)C(N)=NC(=O)OC12CC3CC(CC(C3)C1)C2)C(=O)N1CCC[C@H]1C(=O)NCC(N)=O. The summed E-state index contributed by atoms with van der Waals surface area (Å²) in [5.74, 6) is -7.16. The number of ether oxygens (including phenoxy) is 2. The highest BCUT2D eigenvalue weighted by atomic mass is 16.6. The smallest absolute Gasteiger partial charge is 0.437 e. The van der Waals surface area contributed by atoms with E-state index in [2.05, 4.69) is 67.8 Å². The zero-order valence-electron chi connectivity index (χ0n) is 62.6. The maximum absolute atomic E-state index is 15.1. The van der Waals surface area contributed by atoms with E-state index < -0.39 is 156 Å². The Hall–Kier alpha value is -10.7. The van der Waals surface area contributed by atoms with Gasteiger partial charge >= 0.3 is 12.2 Å². The summed E-state index contributed by atoms with van der Waals surface area (Å²) >= 11 is 0. The zero-order chi connectivity index (χ0) is 78.8. The van der Waals surface area contributed by atoms with Crippen LogP contribution in [0.2, 0.25) is 0 Å². The number of guanidine groups is 1. The molecule has 0 spiro atoms. The molecule has 2 aromatic carbocycles. The number of fused-ring (bicyclic) bond motifs is 1. The number of carbonyl (C=O) groups excluding carboxylic acids is 13. The maximum Gasteiger partial charge on any atom is 0.437 e. The molecule has 17 N–H and O–H groups in total. The van der Waals surface area contributed by atoms with Gasteiger partial charge in [0.05, 0.1) is 26.0 Å². The number of benzene rings is 2. The van der Waals surface area contributed by atoms with Crippen molar-refractivity contribution in [2.45, 2.75) is 215 Å². The number of likely N-dealkylation sites (tertiary alicyclic amines) is 1. The summed E-state index contributed by atoms with van der Waals surface area (Å²) in [5.41, 5.74) is 12.7. The highest BCUT2D eigenvalue weighted by Crippen LogP contribution is 2.58. The van der Waals surface area contributed by atoms with Gasteiger partial charge in [-0.1, -0.05) is 44.2 Å². The number of H-pyrrole nitrogens is 2. The summed E-state index contributed by atoms with van der Waals surface area (Å²) in [5, 5.41) is 45.1. The standard InChI is InChI=1S/C77H103N17O17/c1-41(2)19-56(67(102)87-55(72(107)93-17-6-10-61(93)71(106)82-37-62(78)97)9-5-18-94(75(109)111-77-32-46-23-47(33-77)25-48(24-46)34-77)73(79)92-74(108)110-76-29-43-20-44(30-76)22-45(21-43)31-76)86-64(99)38-83-65(100)57(26-42-11-13-51(96)14-12-42)88-70(105)60(39-95)91-68(103)58(27-49-35-81-53-8-4-3-7-52(49)53)89-69(104)59(28-50-36-80-40-84-50)90-66(101)54-15-16-63(98)85-54/h3-4,7-8,11-14,35-36,40-41,43-48,54-61,81,95-96H,5-6,9-10,15-34,37-39H2,1-2H3,(H2,78,97)(H,80,84)(H,82,106)(H,83,100)(H,85,98)(H,86,99)(H,87,102)(H,88,105)(H,89,104)(H,90,101)(H,91,103)(H2,79,92,108)/t43?,44?,45?,46?,47?,48?,54-,55-,56-,57-,58-,59-,60-,61-,76?,77?/m0/s1. The van der Waals surface area contributed by atoms with E-state index in [0.29, 0.717) is 88.9 Å². The molecule has 4 heterocycles. The predicted octanol–water partition coefficient (Wildman–Crippen LogP) is 1.17. The number of primary amides is 1. The molecule has 8 atom stereocenters. The van der Waals surface area contributed by atoms with Gasteiger partial charge in [0.2, 0.25) is 70.9 Å². The second-order valence-electron chi connectivity index (χ2n) is 32.4. The molecular weight excluding hydrogens is 1430 g/mol. The Labute approximate surface area is 641 Å². The van der Waals surface area contributed by atoms with Crippen molar-refractivity contribution in [3.05, 3.63) is 84.1 Å². The third-order valence-corrected chi connectivity index (χ3v) is 23.3. The topological polar surface area (TPSA) is 504 Å². The molecule has 8 aliphatic carbocycles. The van der Waals surface area contributed by atoms with Crippen molar-refractivity contribution in [1.82, 2.24) is 72.6 Å². The minimum atomic E-state index is -1.80. The van der Waals surface area contributed by atoms with Crippen molar-refractivity contribution in [3.8, 4) is 5.75 Å². The van der Waals surface area contributed by atoms with Crippen LogP contribution >= 0.6 is 0 Å². The summed E-state index contributed by atoms with van der Waals surface area (Å²) < 4.78 is 12.7. The van der Waals surface area contributed by atoms with Crippen molar-refractivity contribution in [3.63, 3.8) is 0 Å². The Morgan fingerprint density at radius 2 is 1.24 bits per heavy atom. The van der Waals surface area contributed by atoms with E-state index in [1.807, 2.05) is 0 Å². The molecule has 2 saturated heterocycles. The van der Waals surface area contributed by atoms with Crippen LogP contribution in [0, 0.1) is 41.4 Å². The normalized spacial score (nSPS) is 25.6. The minimum Gasteiger partial charge on any atom is -0.508 e. The molecule has 13 amide bonds. The Balaban J connectivity index is 0.733. The van der Waals surface area contributed by atoms with Crippen LogP contribution in [0.25, 0.3) is 10.9 Å². The van der Waals surface area contributed by atoms with Gasteiger partial charge < -0.3 is 93.9 Å². The van der Waals surface area contributed by atoms with Gasteiger partial charge in [0.25, 0.3) is 0 Å². The van der Waals surface area contributed by atoms with Crippen LogP contribution in [0.5, 0.6) is 5.75 Å². The monoisotopic (exact) mass is 1540 g/mol. The van der Waals surface area contributed by atoms with Gasteiger partial charge in [-0.3, -0.25) is 52.7 Å². The number of aliphatic hydroxyl groups is 1. The first-order chi connectivity index (χ1) is 53.1. The largest absolute Gasteiger partial charge is 0.508 e. The number of imidazole rings is 1. The highest BCUT2D eigenvalue weighted by molar-refractivity contribution is 6.00. The molecule has 4 aromatic rings. The molecule has 0 unspecified atom stereocenters. The molecule has 8 bridgehead atoms. The van der Waals surface area contributed by atoms with E-state index in [4.69, 9.17) is 20.9 Å². The summed E-state index contributed by atoms with van der Waals surface area (Å²) in [6.45, 7) is 1.01. The van der Waals surface area contributed by atoms with Crippen LogP contribution in [0.1, 0.15) is 153 Å². The number of aliphatic imine (C=N–C) groups is 1. The lowest BCUT2D eigenvalue weighted by Crippen LogP contribution is -2.60. The third kappa shape index (κ3) is 20.3. The number of aromatic hydroxyl groups is 1. The first kappa shape index (κ1) is 79.9. The van der Waals surface area contributed by atoms with E-state index in [0.717, 1.165) is 62.7 Å². The molecule has 598 valence electrons. The summed E-state index contributed by atoms with van der Waals surface area (Å²) in [4.78, 5) is 198. The summed E-state index contributed by atoms with van der Waals surface area (Å²) in [6.07, 6.45) is 13.3. The average molecular weight is 1540 g/mol. The van der Waals surface area contributed by atoms with Gasteiger partial charge in [-0.2, -0.15) is 0 Å². The third-order valence-electron chi connectivity index (χ3n) is 23.3. The predicted molar refractivity (Wildman–Crippen MR) is 398 cm³/mol. The lowest BCUT2D eigenvalue weighted by Gasteiger charge is -2.55. The lowest BCUT2D eigenvalue weighted by molar-refractivity contribution is -0.142. The number of amides is 13. The van der Waals surface area contributed by atoms with Crippen LogP contribution in [-0.2, 0) is 81.5 Å². The number of nitrogens with zero attached hydrogens (tertiary/aromatic N) is 4. The number of hydrogen-bond acceptors (Lipinski definition) is 18. The van der Waals surface area contributed by atoms with Crippen LogP contribution in [0.15, 0.2) is 72.2 Å². The number of phenolic OH excluding ortho intramolecular Hbond substituents is 1. The molecule has 2 aromatic heterocycles. The van der Waals surface area contributed by atoms with Gasteiger partial charge in [0, 0.05) is 67.8 Å². The van der Waals surface area contributed by atoms with E-state index in [1.54, 1.807) is 44.3 Å². The summed E-state index contributed by atoms with van der Waals surface area (Å²) in [7, 11) is 0. The maximum atomic E-state index is 15.1. The molecule has 34 heteroatoms. The number of nitrogens with one attached hydrogen (secondary N) is 11. The molecule has 34 nitrogen and oxygen atoms in total. The van der Waals surface area contributed by atoms with Crippen molar-refractivity contribution < 1.29 is 82.0 Å². The fourth-order valence-corrected chi connectivity index (χ4v) is 19.0. The fraction of sp³-hybridized carbons (Fsp3) is 0.597. The number of nitrogens with two attached hydrogens (primary N) is 2. The van der Waals surface area contributed by atoms with E-state index in [-0.39, 0.29) is 88.5 Å². The fourth-order valence-electron chi connectivity index (χ4n) is 19.0. The van der Waals surface area contributed by atoms with Crippen molar-refractivity contribution in [2.75, 3.05) is 32.8 Å². The van der Waals surface area contributed by atoms with Gasteiger partial charge in [-0.25, -0.2) is 19.5 Å². The molecule has 111 heavy (non-hydrogen) atoms. The molecule has 8 saturated carbocycles. The minimum absolute atomic E-state index is 0.0195. The molecule has 10 aliphatic rings. The van der Waals surface area contributed by atoms with Gasteiger partial charge in [0.15, 0.2) is 0 Å². The number of aromatic amines is 2. The number of carbonyl (C=O) groups is 13. The molecule has 0 radical (unpaired) electrons. The second kappa shape index (κ2) is 35.1.